The molecule has 1 aliphatic heterocycles. The average molecular weight is 278 g/mol. The van der Waals surface area contributed by atoms with Gasteiger partial charge in [-0.25, -0.2) is 4.39 Å². The molecule has 0 radical (unpaired) electrons. The summed E-state index contributed by atoms with van der Waals surface area (Å²) in [7, 11) is 0. The van der Waals surface area contributed by atoms with Crippen molar-refractivity contribution < 1.29 is 4.39 Å². The van der Waals surface area contributed by atoms with E-state index in [1.165, 1.54) is 38.8 Å². The lowest BCUT2D eigenvalue weighted by atomic mass is 10.0. The molecular weight excluding hydrogens is 251 g/mol. The predicted octanol–water partition coefficient (Wildman–Crippen LogP) is 3.74. The number of benzene rings is 1. The van der Waals surface area contributed by atoms with Gasteiger partial charge in [0.25, 0.3) is 0 Å². The number of hydrogen-bond acceptors (Lipinski definition) is 2. The van der Waals surface area contributed by atoms with E-state index in [0.29, 0.717) is 0 Å². The van der Waals surface area contributed by atoms with Crippen molar-refractivity contribution in [3.05, 3.63) is 35.6 Å². The summed E-state index contributed by atoms with van der Waals surface area (Å²) < 4.78 is 13.8. The van der Waals surface area contributed by atoms with Crippen LogP contribution in [0.4, 0.5) is 4.39 Å². The predicted molar refractivity (Wildman–Crippen MR) is 82.3 cm³/mol. The molecule has 3 heteroatoms. The first kappa shape index (κ1) is 15.5. The van der Waals surface area contributed by atoms with Gasteiger partial charge in [-0.15, -0.1) is 0 Å². The van der Waals surface area contributed by atoms with E-state index in [4.69, 9.17) is 0 Å². The van der Waals surface area contributed by atoms with Gasteiger partial charge in [0.1, 0.15) is 5.82 Å². The molecular formula is C17H27FN2. The van der Waals surface area contributed by atoms with Crippen LogP contribution in [-0.4, -0.2) is 31.1 Å². The van der Waals surface area contributed by atoms with Crippen molar-refractivity contribution in [2.45, 2.75) is 45.1 Å². The van der Waals surface area contributed by atoms with Gasteiger partial charge in [-0.1, -0.05) is 38.0 Å². The molecule has 1 heterocycles. The summed E-state index contributed by atoms with van der Waals surface area (Å²) in [6.45, 7) is 6.56. The van der Waals surface area contributed by atoms with Gasteiger partial charge >= 0.3 is 0 Å². The van der Waals surface area contributed by atoms with E-state index in [2.05, 4.69) is 17.1 Å². The van der Waals surface area contributed by atoms with Gasteiger partial charge < -0.3 is 10.2 Å². The summed E-state index contributed by atoms with van der Waals surface area (Å²) in [5.74, 6) is -0.0957. The van der Waals surface area contributed by atoms with Crippen LogP contribution in [0.2, 0.25) is 0 Å². The highest BCUT2D eigenvalue weighted by Gasteiger charge is 2.14. The number of rotatable bonds is 6. The topological polar surface area (TPSA) is 15.3 Å². The summed E-state index contributed by atoms with van der Waals surface area (Å²) in [5, 5.41) is 3.51. The fourth-order valence-corrected chi connectivity index (χ4v) is 2.99. The van der Waals surface area contributed by atoms with E-state index >= 15 is 0 Å². The SMILES string of the molecule is CCC(NCCN1CCCCCC1)c1ccccc1F. The molecule has 2 rings (SSSR count). The van der Waals surface area contributed by atoms with Crippen molar-refractivity contribution >= 4 is 0 Å². The summed E-state index contributed by atoms with van der Waals surface area (Å²) in [5.41, 5.74) is 0.797. The lowest BCUT2D eigenvalue weighted by molar-refractivity contribution is 0.278. The Hall–Kier alpha value is -0.930. The number of hydrogen-bond donors (Lipinski definition) is 1. The molecule has 0 amide bonds. The third-order valence-corrected chi connectivity index (χ3v) is 4.21. The molecule has 112 valence electrons. The lowest BCUT2D eigenvalue weighted by Crippen LogP contribution is -2.34. The van der Waals surface area contributed by atoms with Crippen LogP contribution in [0.25, 0.3) is 0 Å². The van der Waals surface area contributed by atoms with Crippen molar-refractivity contribution in [3.8, 4) is 0 Å². The second-order valence-electron chi connectivity index (χ2n) is 5.69. The van der Waals surface area contributed by atoms with E-state index in [9.17, 15) is 4.39 Å². The quantitative estimate of drug-likeness (QED) is 0.852. The Morgan fingerprint density at radius 1 is 1.15 bits per heavy atom. The molecule has 0 aliphatic carbocycles. The van der Waals surface area contributed by atoms with Crippen LogP contribution >= 0.6 is 0 Å². The molecule has 0 spiro atoms. The Morgan fingerprint density at radius 2 is 1.85 bits per heavy atom. The lowest BCUT2D eigenvalue weighted by Gasteiger charge is -2.23. The van der Waals surface area contributed by atoms with Gasteiger partial charge in [0.15, 0.2) is 0 Å². The van der Waals surface area contributed by atoms with Crippen molar-refractivity contribution in [2.75, 3.05) is 26.2 Å². The van der Waals surface area contributed by atoms with Gasteiger partial charge in [-0.3, -0.25) is 0 Å². The van der Waals surface area contributed by atoms with E-state index < -0.39 is 0 Å². The monoisotopic (exact) mass is 278 g/mol. The molecule has 0 saturated carbocycles. The van der Waals surface area contributed by atoms with E-state index in [1.807, 2.05) is 12.1 Å². The number of halogens is 1. The Kier molecular flexibility index (Phi) is 6.48. The maximum Gasteiger partial charge on any atom is 0.127 e. The minimum Gasteiger partial charge on any atom is -0.309 e. The highest BCUT2D eigenvalue weighted by Crippen LogP contribution is 2.19. The first-order valence-corrected chi connectivity index (χ1v) is 8.01. The van der Waals surface area contributed by atoms with Crippen LogP contribution < -0.4 is 5.32 Å². The molecule has 0 bridgehead atoms. The minimum absolute atomic E-state index is 0.0957. The molecule has 1 aromatic carbocycles. The number of nitrogens with zero attached hydrogens (tertiary/aromatic N) is 1. The van der Waals surface area contributed by atoms with Crippen molar-refractivity contribution in [1.29, 1.82) is 0 Å². The van der Waals surface area contributed by atoms with Crippen LogP contribution in [0.5, 0.6) is 0 Å². The second kappa shape index (κ2) is 8.38. The zero-order valence-corrected chi connectivity index (χ0v) is 12.6. The van der Waals surface area contributed by atoms with Gasteiger partial charge in [-0.2, -0.15) is 0 Å². The first-order valence-electron chi connectivity index (χ1n) is 8.01. The first-order chi connectivity index (χ1) is 9.81. The number of likely N-dealkylation sites (tertiary alicyclic amines) is 1. The Bertz CT molecular complexity index is 386. The molecule has 1 N–H and O–H groups in total. The summed E-state index contributed by atoms with van der Waals surface area (Å²) in [4.78, 5) is 2.54. The summed E-state index contributed by atoms with van der Waals surface area (Å²) >= 11 is 0. The summed E-state index contributed by atoms with van der Waals surface area (Å²) in [6, 6.07) is 7.24. The molecule has 2 nitrogen and oxygen atoms in total. The van der Waals surface area contributed by atoms with Crippen LogP contribution in [0.1, 0.15) is 50.6 Å². The Balaban J connectivity index is 1.80. The molecule has 1 aromatic rings. The average Bonchev–Trinajstić information content (AvgIpc) is 2.73. The molecule has 1 atom stereocenters. The highest BCUT2D eigenvalue weighted by molar-refractivity contribution is 5.21. The van der Waals surface area contributed by atoms with Gasteiger partial charge in [0.05, 0.1) is 0 Å². The fourth-order valence-electron chi connectivity index (χ4n) is 2.99. The zero-order chi connectivity index (χ0) is 14.2. The van der Waals surface area contributed by atoms with Crippen LogP contribution in [-0.2, 0) is 0 Å². The molecule has 0 aromatic heterocycles. The number of nitrogens with one attached hydrogen (secondary N) is 1. The van der Waals surface area contributed by atoms with E-state index in [0.717, 1.165) is 25.1 Å². The zero-order valence-electron chi connectivity index (χ0n) is 12.6. The summed E-state index contributed by atoms with van der Waals surface area (Å²) in [6.07, 6.45) is 6.31. The van der Waals surface area contributed by atoms with Crippen LogP contribution in [0, 0.1) is 5.82 Å². The third kappa shape index (κ3) is 4.57. The maximum absolute atomic E-state index is 13.8. The Labute approximate surface area is 122 Å². The normalized spacial score (nSPS) is 18.7. The van der Waals surface area contributed by atoms with Crippen molar-refractivity contribution in [2.24, 2.45) is 0 Å². The Morgan fingerprint density at radius 3 is 2.50 bits per heavy atom. The fraction of sp³-hybridized carbons (Fsp3) is 0.647. The maximum atomic E-state index is 13.8. The van der Waals surface area contributed by atoms with Crippen LogP contribution in [0.3, 0.4) is 0 Å². The van der Waals surface area contributed by atoms with Crippen molar-refractivity contribution in [1.82, 2.24) is 10.2 Å². The van der Waals surface area contributed by atoms with E-state index in [1.54, 1.807) is 12.1 Å². The van der Waals surface area contributed by atoms with Gasteiger partial charge in [0, 0.05) is 24.7 Å². The molecule has 1 unspecified atom stereocenters. The highest BCUT2D eigenvalue weighted by atomic mass is 19.1. The molecule has 20 heavy (non-hydrogen) atoms. The van der Waals surface area contributed by atoms with E-state index in [-0.39, 0.29) is 11.9 Å². The van der Waals surface area contributed by atoms with Gasteiger partial charge in [-0.05, 0) is 38.4 Å². The van der Waals surface area contributed by atoms with Gasteiger partial charge in [0.2, 0.25) is 0 Å². The third-order valence-electron chi connectivity index (χ3n) is 4.21. The van der Waals surface area contributed by atoms with Crippen molar-refractivity contribution in [3.63, 3.8) is 0 Å². The molecule has 1 saturated heterocycles. The largest absolute Gasteiger partial charge is 0.309 e. The minimum atomic E-state index is -0.0957. The second-order valence-corrected chi connectivity index (χ2v) is 5.69. The smallest absolute Gasteiger partial charge is 0.127 e. The van der Waals surface area contributed by atoms with Crippen LogP contribution in [0.15, 0.2) is 24.3 Å². The molecule has 1 aliphatic rings. The molecule has 1 fully saturated rings. The standard InChI is InChI=1S/C17H27FN2/c1-2-17(15-9-5-6-10-16(15)18)19-11-14-20-12-7-3-4-8-13-20/h5-6,9-10,17,19H,2-4,7-8,11-14H2,1H3.